The van der Waals surface area contributed by atoms with Gasteiger partial charge in [0.2, 0.25) is 5.13 Å². The molecule has 6 heteroatoms. The molecule has 0 unspecified atom stereocenters. The predicted molar refractivity (Wildman–Crippen MR) is 134 cm³/mol. The van der Waals surface area contributed by atoms with Crippen LogP contribution >= 0.6 is 11.3 Å². The Morgan fingerprint density at radius 2 is 1.88 bits per heavy atom. The van der Waals surface area contributed by atoms with Crippen LogP contribution < -0.4 is 10.2 Å². The lowest BCUT2D eigenvalue weighted by Crippen LogP contribution is -2.07. The summed E-state index contributed by atoms with van der Waals surface area (Å²) in [4.78, 5) is 4.56. The summed E-state index contributed by atoms with van der Waals surface area (Å²) in [6, 6.07) is 22.7. The van der Waals surface area contributed by atoms with E-state index < -0.39 is 0 Å². The Morgan fingerprint density at radius 3 is 2.75 bits per heavy atom. The third-order valence-corrected chi connectivity index (χ3v) is 6.50. The van der Waals surface area contributed by atoms with Crippen LogP contribution in [0.2, 0.25) is 0 Å². The van der Waals surface area contributed by atoms with E-state index in [0.29, 0.717) is 6.61 Å². The van der Waals surface area contributed by atoms with Crippen molar-refractivity contribution < 1.29 is 4.74 Å². The predicted octanol–water partition coefficient (Wildman–Crippen LogP) is 6.39. The number of nitrogens with zero attached hydrogens (tertiary/aromatic N) is 3. The molecule has 0 spiro atoms. The van der Waals surface area contributed by atoms with E-state index in [9.17, 15) is 0 Å². The number of thiazole rings is 1. The summed E-state index contributed by atoms with van der Waals surface area (Å²) in [6.45, 7) is 5.57. The van der Waals surface area contributed by atoms with E-state index in [2.05, 4.69) is 82.6 Å². The van der Waals surface area contributed by atoms with E-state index in [0.717, 1.165) is 44.1 Å². The number of benzene rings is 3. The van der Waals surface area contributed by atoms with Crippen LogP contribution in [-0.4, -0.2) is 22.4 Å². The van der Waals surface area contributed by atoms with Crippen LogP contribution in [0.3, 0.4) is 0 Å². The fourth-order valence-corrected chi connectivity index (χ4v) is 4.52. The molecule has 2 heterocycles. The maximum atomic E-state index is 6.00. The molecular weight excluding hydrogens is 416 g/mol. The lowest BCUT2D eigenvalue weighted by molar-refractivity contribution is 0.300. The fourth-order valence-electron chi connectivity index (χ4n) is 3.71. The maximum Gasteiger partial charge on any atom is 0.204 e. The first-order valence-electron chi connectivity index (χ1n) is 10.6. The molecule has 0 radical (unpaired) electrons. The molecule has 5 nitrogen and oxygen atoms in total. The van der Waals surface area contributed by atoms with Crippen molar-refractivity contribution in [1.29, 1.82) is 0 Å². The van der Waals surface area contributed by atoms with Crippen LogP contribution in [0, 0.1) is 13.8 Å². The van der Waals surface area contributed by atoms with Gasteiger partial charge in [-0.25, -0.2) is 4.98 Å². The molecule has 0 saturated heterocycles. The van der Waals surface area contributed by atoms with Crippen LogP contribution in [0.15, 0.2) is 78.0 Å². The van der Waals surface area contributed by atoms with Gasteiger partial charge < -0.3 is 9.30 Å². The normalized spacial score (nSPS) is 11.6. The van der Waals surface area contributed by atoms with Crippen molar-refractivity contribution in [1.82, 2.24) is 9.55 Å². The summed E-state index contributed by atoms with van der Waals surface area (Å²) in [5.74, 6) is 0.909. The van der Waals surface area contributed by atoms with Gasteiger partial charge in [0, 0.05) is 22.7 Å². The van der Waals surface area contributed by atoms with E-state index in [4.69, 9.17) is 4.74 Å². The average molecular weight is 441 g/mol. The highest BCUT2D eigenvalue weighted by Gasteiger charge is 2.07. The van der Waals surface area contributed by atoms with Gasteiger partial charge in [0.15, 0.2) is 0 Å². The highest BCUT2D eigenvalue weighted by Crippen LogP contribution is 2.25. The Kier molecular flexibility index (Phi) is 5.60. The molecular formula is C26H24N4OS. The topological polar surface area (TPSA) is 51.4 Å². The largest absolute Gasteiger partial charge is 0.492 e. The van der Waals surface area contributed by atoms with E-state index in [1.54, 1.807) is 11.3 Å². The van der Waals surface area contributed by atoms with E-state index in [1.165, 1.54) is 11.1 Å². The molecule has 0 aliphatic heterocycles. The quantitative estimate of drug-likeness (QED) is 0.236. The van der Waals surface area contributed by atoms with Crippen LogP contribution in [0.5, 0.6) is 5.75 Å². The van der Waals surface area contributed by atoms with Crippen LogP contribution in [0.4, 0.5) is 5.13 Å². The average Bonchev–Trinajstić information content (AvgIpc) is 3.38. The van der Waals surface area contributed by atoms with Crippen LogP contribution in [0.1, 0.15) is 16.7 Å². The van der Waals surface area contributed by atoms with Gasteiger partial charge in [-0.2, -0.15) is 5.10 Å². The number of rotatable bonds is 7. The standard InChI is InChI=1S/C26H24N4OS/c1-18-11-12-21(15-19(18)2)31-14-13-30-17-20(22-7-3-5-9-24(22)30)16-27-29-26-28-23-8-4-6-10-25(23)32-26/h3-12,15-17H,13-14H2,1-2H3,(H,28,29)/b27-16+. The Balaban J connectivity index is 1.30. The number of nitrogens with one attached hydrogen (secondary N) is 1. The van der Waals surface area contributed by atoms with E-state index >= 15 is 0 Å². The fraction of sp³-hybridized carbons (Fsp3) is 0.154. The Bertz CT molecular complexity index is 1380. The highest BCUT2D eigenvalue weighted by atomic mass is 32.1. The molecule has 0 atom stereocenters. The van der Waals surface area contributed by atoms with Gasteiger partial charge in [-0.05, 0) is 55.3 Å². The van der Waals surface area contributed by atoms with Crippen LogP contribution in [-0.2, 0) is 6.54 Å². The summed E-state index contributed by atoms with van der Waals surface area (Å²) in [5, 5.41) is 6.39. The smallest absolute Gasteiger partial charge is 0.204 e. The van der Waals surface area contributed by atoms with Gasteiger partial charge in [-0.15, -0.1) is 0 Å². The first-order valence-corrected chi connectivity index (χ1v) is 11.4. The lowest BCUT2D eigenvalue weighted by atomic mass is 10.1. The first-order chi connectivity index (χ1) is 15.7. The second-order valence-electron chi connectivity index (χ2n) is 7.75. The Morgan fingerprint density at radius 1 is 1.03 bits per heavy atom. The molecule has 32 heavy (non-hydrogen) atoms. The van der Waals surface area contributed by atoms with Crippen LogP contribution in [0.25, 0.3) is 21.1 Å². The van der Waals surface area contributed by atoms with Crippen molar-refractivity contribution >= 4 is 43.8 Å². The number of hydrogen-bond acceptors (Lipinski definition) is 5. The first kappa shape index (κ1) is 20.3. The minimum absolute atomic E-state index is 0.599. The molecule has 2 aromatic heterocycles. The van der Waals surface area contributed by atoms with E-state index in [1.807, 2.05) is 30.5 Å². The van der Waals surface area contributed by atoms with Crippen molar-refractivity contribution in [2.24, 2.45) is 5.10 Å². The minimum atomic E-state index is 0.599. The SMILES string of the molecule is Cc1ccc(OCCn2cc(/C=N/Nc3nc4ccccc4s3)c3ccccc32)cc1C. The molecule has 5 aromatic rings. The van der Waals surface area contributed by atoms with Gasteiger partial charge >= 0.3 is 0 Å². The Labute approximate surface area is 191 Å². The van der Waals surface area contributed by atoms with Gasteiger partial charge in [-0.3, -0.25) is 5.43 Å². The minimum Gasteiger partial charge on any atom is -0.492 e. The molecule has 0 aliphatic rings. The molecule has 3 aromatic carbocycles. The van der Waals surface area contributed by atoms with Gasteiger partial charge in [0.05, 0.1) is 23.0 Å². The molecule has 0 amide bonds. The van der Waals surface area contributed by atoms with Gasteiger partial charge in [0.1, 0.15) is 12.4 Å². The van der Waals surface area contributed by atoms with Crippen molar-refractivity contribution in [2.45, 2.75) is 20.4 Å². The second kappa shape index (κ2) is 8.85. The highest BCUT2D eigenvalue weighted by molar-refractivity contribution is 7.22. The number of para-hydroxylation sites is 2. The number of hydrogen-bond donors (Lipinski definition) is 1. The monoisotopic (exact) mass is 440 g/mol. The third kappa shape index (κ3) is 4.22. The molecule has 0 saturated carbocycles. The summed E-state index contributed by atoms with van der Waals surface area (Å²) in [6.07, 6.45) is 3.98. The molecule has 1 N–H and O–H groups in total. The summed E-state index contributed by atoms with van der Waals surface area (Å²) in [5.41, 5.74) is 8.79. The summed E-state index contributed by atoms with van der Waals surface area (Å²) in [7, 11) is 0. The van der Waals surface area contributed by atoms with Crippen molar-refractivity contribution in [3.8, 4) is 5.75 Å². The lowest BCUT2D eigenvalue weighted by Gasteiger charge is -2.10. The Hall–Kier alpha value is -3.64. The number of fused-ring (bicyclic) bond motifs is 2. The molecule has 5 rings (SSSR count). The van der Waals surface area contributed by atoms with Crippen molar-refractivity contribution in [2.75, 3.05) is 12.0 Å². The number of anilines is 1. The number of hydrazone groups is 1. The maximum absolute atomic E-state index is 6.00. The second-order valence-corrected chi connectivity index (χ2v) is 8.78. The van der Waals surface area contributed by atoms with Crippen molar-refractivity contribution in [3.63, 3.8) is 0 Å². The molecule has 160 valence electrons. The summed E-state index contributed by atoms with van der Waals surface area (Å²) < 4.78 is 9.36. The third-order valence-electron chi connectivity index (χ3n) is 5.56. The zero-order valence-electron chi connectivity index (χ0n) is 18.1. The summed E-state index contributed by atoms with van der Waals surface area (Å²) >= 11 is 1.59. The van der Waals surface area contributed by atoms with Gasteiger partial charge in [0.25, 0.3) is 0 Å². The zero-order valence-corrected chi connectivity index (χ0v) is 18.9. The van der Waals surface area contributed by atoms with E-state index in [-0.39, 0.29) is 0 Å². The molecule has 0 fully saturated rings. The number of aryl methyl sites for hydroxylation is 2. The van der Waals surface area contributed by atoms with Crippen molar-refractivity contribution in [3.05, 3.63) is 89.6 Å². The number of aromatic nitrogens is 2. The van der Waals surface area contributed by atoms with Gasteiger partial charge in [-0.1, -0.05) is 47.7 Å². The zero-order chi connectivity index (χ0) is 21.9. The molecule has 0 aliphatic carbocycles. The molecule has 0 bridgehead atoms. The number of ether oxygens (including phenoxy) is 1.